The van der Waals surface area contributed by atoms with Gasteiger partial charge in [-0.15, -0.1) is 0 Å². The van der Waals surface area contributed by atoms with Gasteiger partial charge >= 0.3 is 6.01 Å². The highest BCUT2D eigenvalue weighted by Crippen LogP contribution is 2.32. The van der Waals surface area contributed by atoms with Crippen molar-refractivity contribution in [3.8, 4) is 11.4 Å². The van der Waals surface area contributed by atoms with E-state index in [0.717, 1.165) is 12.8 Å². The summed E-state index contributed by atoms with van der Waals surface area (Å²) in [4.78, 5) is 49.2. The number of rotatable bonds is 6. The first-order chi connectivity index (χ1) is 18.0. The summed E-state index contributed by atoms with van der Waals surface area (Å²) in [5.74, 6) is -2.10. The number of ketones is 1. The summed E-state index contributed by atoms with van der Waals surface area (Å²) in [6, 6.07) is 12.2. The molecule has 6 rings (SSSR count). The molecular formula is C26H23FN6O4. The number of nitrogens with one attached hydrogen (secondary N) is 2. The molecule has 1 saturated carbocycles. The standard InChI is InChI=1S/C26H23FN6O4/c27-19-9-8-17(23-30-26(37-31-23)29-16-6-7-16)21-20(19)18(14-28-21)22(34)25(36)33-12-10-32(11-13-33)24(35)15-4-2-1-3-5-15/h1-5,8-9,14,16,28H,6-7,10-13H2,(H,29,30,31). The Morgan fingerprint density at radius 3 is 2.46 bits per heavy atom. The van der Waals surface area contributed by atoms with Gasteiger partial charge in [-0.1, -0.05) is 23.4 Å². The SMILES string of the molecule is O=C(C(=O)N1CCN(C(=O)c2ccccc2)CC1)c1c[nH]c2c(-c3noc(NC4CC4)n3)ccc(F)c12. The molecule has 188 valence electrons. The van der Waals surface area contributed by atoms with Crippen LogP contribution < -0.4 is 5.32 Å². The molecule has 0 unspecified atom stereocenters. The van der Waals surface area contributed by atoms with Gasteiger partial charge in [-0.3, -0.25) is 14.4 Å². The van der Waals surface area contributed by atoms with Crippen LogP contribution in [0.3, 0.4) is 0 Å². The van der Waals surface area contributed by atoms with Gasteiger partial charge in [0.05, 0.1) is 11.1 Å². The molecule has 2 amide bonds. The summed E-state index contributed by atoms with van der Waals surface area (Å²) >= 11 is 0. The fourth-order valence-electron chi connectivity index (χ4n) is 4.50. The Labute approximate surface area is 210 Å². The van der Waals surface area contributed by atoms with Crippen molar-refractivity contribution in [1.82, 2.24) is 24.9 Å². The van der Waals surface area contributed by atoms with Gasteiger partial charge < -0.3 is 24.6 Å². The summed E-state index contributed by atoms with van der Waals surface area (Å²) in [7, 11) is 0. The molecule has 10 nitrogen and oxygen atoms in total. The van der Waals surface area contributed by atoms with Crippen LogP contribution in [0.25, 0.3) is 22.3 Å². The van der Waals surface area contributed by atoms with Crippen molar-refractivity contribution in [2.24, 2.45) is 0 Å². The first-order valence-electron chi connectivity index (χ1n) is 12.1. The maximum atomic E-state index is 14.9. The minimum Gasteiger partial charge on any atom is -0.360 e. The van der Waals surface area contributed by atoms with Gasteiger partial charge in [0.15, 0.2) is 0 Å². The first kappa shape index (κ1) is 22.9. The van der Waals surface area contributed by atoms with Crippen LogP contribution in [0.5, 0.6) is 0 Å². The molecule has 37 heavy (non-hydrogen) atoms. The lowest BCUT2D eigenvalue weighted by Gasteiger charge is -2.34. The normalized spacial score (nSPS) is 15.7. The molecule has 0 spiro atoms. The van der Waals surface area contributed by atoms with Crippen molar-refractivity contribution < 1.29 is 23.3 Å². The quantitative estimate of drug-likeness (QED) is 0.307. The molecule has 2 aromatic heterocycles. The number of H-pyrrole nitrogens is 1. The lowest BCUT2D eigenvalue weighted by Crippen LogP contribution is -2.52. The maximum absolute atomic E-state index is 14.9. The van der Waals surface area contributed by atoms with Gasteiger partial charge in [0.25, 0.3) is 17.6 Å². The van der Waals surface area contributed by atoms with E-state index in [1.807, 2.05) is 6.07 Å². The lowest BCUT2D eigenvalue weighted by atomic mass is 10.0. The van der Waals surface area contributed by atoms with Crippen molar-refractivity contribution in [3.63, 3.8) is 0 Å². The van der Waals surface area contributed by atoms with E-state index in [9.17, 15) is 18.8 Å². The largest absolute Gasteiger partial charge is 0.360 e. The third kappa shape index (κ3) is 4.32. The van der Waals surface area contributed by atoms with Gasteiger partial charge in [0.1, 0.15) is 5.82 Å². The maximum Gasteiger partial charge on any atom is 0.322 e. The number of halogens is 1. The summed E-state index contributed by atoms with van der Waals surface area (Å²) in [6.07, 6.45) is 3.40. The van der Waals surface area contributed by atoms with Gasteiger partial charge in [0, 0.05) is 54.9 Å². The number of amides is 2. The average molecular weight is 503 g/mol. The molecule has 2 aromatic carbocycles. The third-order valence-electron chi connectivity index (χ3n) is 6.67. The van der Waals surface area contributed by atoms with Crippen LogP contribution in [-0.2, 0) is 4.79 Å². The number of fused-ring (bicyclic) bond motifs is 1. The van der Waals surface area contributed by atoms with Crippen LogP contribution in [0.4, 0.5) is 10.4 Å². The van der Waals surface area contributed by atoms with Crippen LogP contribution in [0.1, 0.15) is 33.6 Å². The second-order valence-electron chi connectivity index (χ2n) is 9.17. The summed E-state index contributed by atoms with van der Waals surface area (Å²) in [5, 5.41) is 7.07. The van der Waals surface area contributed by atoms with E-state index >= 15 is 0 Å². The number of carbonyl (C=O) groups is 3. The molecule has 1 aliphatic carbocycles. The Kier molecular flexibility index (Phi) is 5.67. The topological polar surface area (TPSA) is 124 Å². The molecule has 1 aliphatic heterocycles. The number of hydrogen-bond donors (Lipinski definition) is 2. The zero-order valence-corrected chi connectivity index (χ0v) is 19.7. The van der Waals surface area contributed by atoms with Crippen molar-refractivity contribution in [1.29, 1.82) is 0 Å². The fraction of sp³-hybridized carbons (Fsp3) is 0.269. The fourth-order valence-corrected chi connectivity index (χ4v) is 4.50. The number of Topliss-reactive ketones (excluding diaryl/α,β-unsaturated/α-hetero) is 1. The van der Waals surface area contributed by atoms with Crippen molar-refractivity contribution >= 4 is 34.5 Å². The van der Waals surface area contributed by atoms with Crippen molar-refractivity contribution in [2.75, 3.05) is 31.5 Å². The Balaban J connectivity index is 1.19. The predicted molar refractivity (Wildman–Crippen MR) is 131 cm³/mol. The van der Waals surface area contributed by atoms with E-state index in [2.05, 4.69) is 20.4 Å². The predicted octanol–water partition coefficient (Wildman–Crippen LogP) is 3.10. The summed E-state index contributed by atoms with van der Waals surface area (Å²) < 4.78 is 20.1. The molecule has 4 aromatic rings. The molecule has 2 aliphatic rings. The van der Waals surface area contributed by atoms with E-state index in [0.29, 0.717) is 35.8 Å². The number of nitrogens with zero attached hydrogens (tertiary/aromatic N) is 4. The van der Waals surface area contributed by atoms with Crippen molar-refractivity contribution in [3.05, 3.63) is 65.6 Å². The first-order valence-corrected chi connectivity index (χ1v) is 12.1. The number of aromatic nitrogens is 3. The number of piperazine rings is 1. The van der Waals surface area contributed by atoms with Gasteiger partial charge in [0.2, 0.25) is 5.82 Å². The molecule has 11 heteroatoms. The van der Waals surface area contributed by atoms with E-state index < -0.39 is 17.5 Å². The number of hydrogen-bond acceptors (Lipinski definition) is 7. The molecule has 0 bridgehead atoms. The van der Waals surface area contributed by atoms with Crippen LogP contribution in [-0.4, -0.2) is 74.7 Å². The van der Waals surface area contributed by atoms with Crippen LogP contribution >= 0.6 is 0 Å². The van der Waals surface area contributed by atoms with Crippen molar-refractivity contribution in [2.45, 2.75) is 18.9 Å². The van der Waals surface area contributed by atoms with Gasteiger partial charge in [-0.05, 0) is 37.1 Å². The van der Waals surface area contributed by atoms with E-state index in [1.54, 1.807) is 29.2 Å². The van der Waals surface area contributed by atoms with E-state index in [4.69, 9.17) is 4.52 Å². The van der Waals surface area contributed by atoms with E-state index in [1.165, 1.54) is 23.2 Å². The Bertz CT molecular complexity index is 1500. The molecule has 1 saturated heterocycles. The minimum absolute atomic E-state index is 0.00440. The second-order valence-corrected chi connectivity index (χ2v) is 9.17. The van der Waals surface area contributed by atoms with E-state index in [-0.39, 0.29) is 41.8 Å². The molecule has 2 fully saturated rings. The highest BCUT2D eigenvalue weighted by Gasteiger charge is 2.31. The Morgan fingerprint density at radius 1 is 1.00 bits per heavy atom. The smallest absolute Gasteiger partial charge is 0.322 e. The number of aromatic amines is 1. The molecule has 2 N–H and O–H groups in total. The molecule has 0 atom stereocenters. The third-order valence-corrected chi connectivity index (χ3v) is 6.67. The van der Waals surface area contributed by atoms with Crippen LogP contribution in [0.15, 0.2) is 53.2 Å². The van der Waals surface area contributed by atoms with Gasteiger partial charge in [-0.25, -0.2) is 4.39 Å². The summed E-state index contributed by atoms with van der Waals surface area (Å²) in [5.41, 5.74) is 1.25. The molecule has 3 heterocycles. The zero-order chi connectivity index (χ0) is 25.5. The second kappa shape index (κ2) is 9.16. The Hall–Kier alpha value is -4.54. The van der Waals surface area contributed by atoms with Crippen LogP contribution in [0.2, 0.25) is 0 Å². The highest BCUT2D eigenvalue weighted by molar-refractivity contribution is 6.45. The number of anilines is 1. The number of benzene rings is 2. The summed E-state index contributed by atoms with van der Waals surface area (Å²) in [6.45, 7) is 1.01. The Morgan fingerprint density at radius 2 is 1.73 bits per heavy atom. The van der Waals surface area contributed by atoms with Gasteiger partial charge in [-0.2, -0.15) is 4.98 Å². The molecule has 0 radical (unpaired) electrons. The minimum atomic E-state index is -0.825. The zero-order valence-electron chi connectivity index (χ0n) is 19.7. The highest BCUT2D eigenvalue weighted by atomic mass is 19.1. The lowest BCUT2D eigenvalue weighted by molar-refractivity contribution is -0.127. The van der Waals surface area contributed by atoms with Crippen LogP contribution in [0, 0.1) is 5.82 Å². The molecular weight excluding hydrogens is 479 g/mol. The monoisotopic (exact) mass is 502 g/mol. The average Bonchev–Trinajstić information content (AvgIpc) is 3.43. The number of carbonyl (C=O) groups excluding carboxylic acids is 3.